The smallest absolute Gasteiger partial charge is 0.153 e. The average molecular weight is 406 g/mol. The fraction of sp³-hybridized carbons (Fsp3) is 0.250. The van der Waals surface area contributed by atoms with Crippen molar-refractivity contribution in [2.45, 2.75) is 26.7 Å². The predicted molar refractivity (Wildman–Crippen MR) is 111 cm³/mol. The van der Waals surface area contributed by atoms with Crippen LogP contribution in [0.2, 0.25) is 0 Å². The van der Waals surface area contributed by atoms with Gasteiger partial charge in [0.1, 0.15) is 5.69 Å². The fourth-order valence-electron chi connectivity index (χ4n) is 2.59. The van der Waals surface area contributed by atoms with Gasteiger partial charge in [-0.1, -0.05) is 20.3 Å². The normalized spacial score (nSPS) is 12.0. The summed E-state index contributed by atoms with van der Waals surface area (Å²) in [7, 11) is 0. The second-order valence-electron chi connectivity index (χ2n) is 6.14. The third-order valence-corrected chi connectivity index (χ3v) is 6.74. The van der Waals surface area contributed by atoms with E-state index in [4.69, 9.17) is 0 Å². The van der Waals surface area contributed by atoms with Crippen molar-refractivity contribution in [2.24, 2.45) is 10.9 Å². The van der Waals surface area contributed by atoms with Gasteiger partial charge in [0, 0.05) is 19.5 Å². The van der Waals surface area contributed by atoms with E-state index < -0.39 is 17.3 Å². The monoisotopic (exact) mass is 405 g/mol. The number of aliphatic imine (C=N–C) groups is 1. The Hall–Kier alpha value is -1.72. The van der Waals surface area contributed by atoms with Crippen LogP contribution in [0, 0.1) is 17.6 Å². The maximum absolute atomic E-state index is 14.1. The molecule has 6 heteroatoms. The van der Waals surface area contributed by atoms with Crippen molar-refractivity contribution in [3.05, 3.63) is 52.9 Å². The number of nitrogens with zero attached hydrogens (tertiary/aromatic N) is 1. The molecular formula is C20H17F2NS3. The molecule has 3 aromatic rings. The summed E-state index contributed by atoms with van der Waals surface area (Å²) in [6.07, 6.45) is 2.24. The van der Waals surface area contributed by atoms with E-state index in [2.05, 4.69) is 43.2 Å². The summed E-state index contributed by atoms with van der Waals surface area (Å²) in [5.41, 5.74) is 0.101. The SMILES string of the molecule is CCC(C)Cc1ccc(-c2ccc(-c3cc(F)c(N=C=S)c(F)c3)s2)s1. The van der Waals surface area contributed by atoms with Crippen molar-refractivity contribution in [2.75, 3.05) is 0 Å². The van der Waals surface area contributed by atoms with Crippen molar-refractivity contribution < 1.29 is 8.78 Å². The molecule has 2 aromatic heterocycles. The van der Waals surface area contributed by atoms with Gasteiger partial charge in [-0.15, -0.1) is 22.7 Å². The van der Waals surface area contributed by atoms with Gasteiger partial charge in [-0.3, -0.25) is 0 Å². The highest BCUT2D eigenvalue weighted by Gasteiger charge is 2.14. The van der Waals surface area contributed by atoms with Crippen LogP contribution in [-0.2, 0) is 6.42 Å². The van der Waals surface area contributed by atoms with E-state index in [1.165, 1.54) is 33.2 Å². The van der Waals surface area contributed by atoms with Crippen LogP contribution >= 0.6 is 34.9 Å². The first-order chi connectivity index (χ1) is 12.5. The van der Waals surface area contributed by atoms with Crippen molar-refractivity contribution in [1.82, 2.24) is 0 Å². The predicted octanol–water partition coefficient (Wildman–Crippen LogP) is 7.74. The Balaban J connectivity index is 1.88. The van der Waals surface area contributed by atoms with Crippen molar-refractivity contribution in [1.29, 1.82) is 0 Å². The van der Waals surface area contributed by atoms with E-state index in [0.29, 0.717) is 11.5 Å². The van der Waals surface area contributed by atoms with Crippen LogP contribution in [0.25, 0.3) is 20.2 Å². The summed E-state index contributed by atoms with van der Waals surface area (Å²) in [5.74, 6) is -0.807. The third-order valence-electron chi connectivity index (χ3n) is 4.22. The van der Waals surface area contributed by atoms with Crippen LogP contribution < -0.4 is 0 Å². The van der Waals surface area contributed by atoms with Crippen LogP contribution in [0.3, 0.4) is 0 Å². The molecule has 1 nitrogen and oxygen atoms in total. The molecule has 0 bridgehead atoms. The zero-order valence-electron chi connectivity index (χ0n) is 14.4. The molecule has 0 fully saturated rings. The van der Waals surface area contributed by atoms with Gasteiger partial charge in [-0.05, 0) is 66.5 Å². The lowest BCUT2D eigenvalue weighted by atomic mass is 10.0. The first kappa shape index (κ1) is 19.1. The van der Waals surface area contributed by atoms with Crippen LogP contribution in [0.4, 0.5) is 14.5 Å². The number of halogens is 2. The van der Waals surface area contributed by atoms with Crippen molar-refractivity contribution in [3.63, 3.8) is 0 Å². The molecule has 2 heterocycles. The van der Waals surface area contributed by atoms with E-state index >= 15 is 0 Å². The van der Waals surface area contributed by atoms with E-state index in [9.17, 15) is 8.78 Å². The molecule has 134 valence electrons. The van der Waals surface area contributed by atoms with Crippen LogP contribution in [0.15, 0.2) is 41.4 Å². The fourth-order valence-corrected chi connectivity index (χ4v) is 4.94. The van der Waals surface area contributed by atoms with E-state index in [-0.39, 0.29) is 0 Å². The molecular weight excluding hydrogens is 388 g/mol. The highest BCUT2D eigenvalue weighted by molar-refractivity contribution is 7.78. The summed E-state index contributed by atoms with van der Waals surface area (Å²) in [6.45, 7) is 4.45. The lowest BCUT2D eigenvalue weighted by molar-refractivity contribution is 0.565. The van der Waals surface area contributed by atoms with Gasteiger partial charge in [0.2, 0.25) is 0 Å². The van der Waals surface area contributed by atoms with Gasteiger partial charge >= 0.3 is 0 Å². The molecule has 0 aliphatic heterocycles. The van der Waals surface area contributed by atoms with Crippen LogP contribution in [0.1, 0.15) is 25.1 Å². The molecule has 0 spiro atoms. The molecule has 1 aromatic carbocycles. The molecule has 1 atom stereocenters. The number of benzene rings is 1. The number of hydrogen-bond donors (Lipinski definition) is 0. The van der Waals surface area contributed by atoms with Gasteiger partial charge in [-0.25, -0.2) is 8.78 Å². The first-order valence-corrected chi connectivity index (χ1v) is 10.3. The highest BCUT2D eigenvalue weighted by Crippen LogP contribution is 2.39. The number of thiocarbonyl (C=S) groups is 1. The molecule has 26 heavy (non-hydrogen) atoms. The van der Waals surface area contributed by atoms with Gasteiger partial charge in [-0.2, -0.15) is 4.99 Å². The summed E-state index contributed by atoms with van der Waals surface area (Å²) in [5, 5.41) is 2.00. The number of thiophene rings is 2. The Morgan fingerprint density at radius 2 is 1.65 bits per heavy atom. The Bertz CT molecular complexity index is 944. The molecule has 0 radical (unpaired) electrons. The Kier molecular flexibility index (Phi) is 6.09. The van der Waals surface area contributed by atoms with Crippen LogP contribution in [0.5, 0.6) is 0 Å². The topological polar surface area (TPSA) is 12.4 Å². The average Bonchev–Trinajstić information content (AvgIpc) is 3.27. The zero-order valence-corrected chi connectivity index (χ0v) is 16.8. The van der Waals surface area contributed by atoms with Gasteiger partial charge in [0.15, 0.2) is 11.6 Å². The second kappa shape index (κ2) is 8.31. The lowest BCUT2D eigenvalue weighted by Gasteiger charge is -2.04. The molecule has 0 N–H and O–H groups in total. The Morgan fingerprint density at radius 1 is 1.04 bits per heavy atom. The van der Waals surface area contributed by atoms with E-state index in [1.54, 1.807) is 11.3 Å². The maximum atomic E-state index is 14.1. The maximum Gasteiger partial charge on any atom is 0.153 e. The van der Waals surface area contributed by atoms with Gasteiger partial charge < -0.3 is 0 Å². The summed E-state index contributed by atoms with van der Waals surface area (Å²) in [4.78, 5) is 7.91. The number of hydrogen-bond acceptors (Lipinski definition) is 4. The highest BCUT2D eigenvalue weighted by atomic mass is 32.1. The lowest BCUT2D eigenvalue weighted by Crippen LogP contribution is -1.94. The third kappa shape index (κ3) is 4.15. The molecule has 1 unspecified atom stereocenters. The molecule has 0 saturated heterocycles. The quantitative estimate of drug-likeness (QED) is 0.302. The molecule has 0 amide bonds. The minimum absolute atomic E-state index is 0.395. The summed E-state index contributed by atoms with van der Waals surface area (Å²) in [6, 6.07) is 10.8. The molecule has 0 aliphatic carbocycles. The van der Waals surface area contributed by atoms with Gasteiger partial charge in [0.25, 0.3) is 0 Å². The first-order valence-electron chi connectivity index (χ1n) is 8.28. The van der Waals surface area contributed by atoms with Gasteiger partial charge in [0.05, 0.1) is 5.16 Å². The van der Waals surface area contributed by atoms with E-state index in [0.717, 1.165) is 22.6 Å². The Morgan fingerprint density at radius 3 is 2.31 bits per heavy atom. The number of isothiocyanates is 1. The molecule has 3 rings (SSSR count). The Labute approximate surface area is 165 Å². The standard InChI is InChI=1S/C20H17F2NS3/c1-3-12(2)8-14-4-5-18(25-14)19-7-6-17(26-19)13-9-15(21)20(23-11-24)16(22)10-13/h4-7,9-10,12H,3,8H2,1-2H3. The minimum Gasteiger partial charge on any atom is -0.204 e. The molecule has 0 aliphatic rings. The summed E-state index contributed by atoms with van der Waals surface area (Å²) < 4.78 is 28.1. The van der Waals surface area contributed by atoms with E-state index in [1.807, 2.05) is 17.3 Å². The van der Waals surface area contributed by atoms with Crippen molar-refractivity contribution in [3.8, 4) is 20.2 Å². The minimum atomic E-state index is -0.737. The van der Waals surface area contributed by atoms with Crippen LogP contribution in [-0.4, -0.2) is 5.16 Å². The molecule has 0 saturated carbocycles. The summed E-state index contributed by atoms with van der Waals surface area (Å²) >= 11 is 7.73. The van der Waals surface area contributed by atoms with Crippen molar-refractivity contribution >= 4 is 45.7 Å². The zero-order chi connectivity index (χ0) is 18.7. The largest absolute Gasteiger partial charge is 0.204 e. The second-order valence-corrected chi connectivity index (χ2v) is 8.57. The number of rotatable bonds is 6.